The number of alkyl halides is 3. The molecule has 130 valence electrons. The molecule has 0 saturated heterocycles. The first kappa shape index (κ1) is 16.5. The summed E-state index contributed by atoms with van der Waals surface area (Å²) in [6.07, 6.45) is -4.42. The van der Waals surface area contributed by atoms with E-state index in [2.05, 4.69) is 4.98 Å². The second kappa shape index (κ2) is 6.11. The van der Waals surface area contributed by atoms with E-state index < -0.39 is 11.7 Å². The molecule has 0 aliphatic carbocycles. The van der Waals surface area contributed by atoms with Crippen LogP contribution >= 0.6 is 0 Å². The van der Waals surface area contributed by atoms with Gasteiger partial charge in [0.05, 0.1) is 16.6 Å². The molecule has 0 bridgehead atoms. The van der Waals surface area contributed by atoms with Gasteiger partial charge in [0.25, 0.3) is 0 Å². The molecule has 0 aliphatic rings. The van der Waals surface area contributed by atoms with Crippen molar-refractivity contribution in [2.45, 2.75) is 12.7 Å². The summed E-state index contributed by atoms with van der Waals surface area (Å²) in [7, 11) is 0. The molecule has 0 amide bonds. The van der Waals surface area contributed by atoms with Gasteiger partial charge in [0, 0.05) is 22.9 Å². The Morgan fingerprint density at radius 1 is 0.846 bits per heavy atom. The highest BCUT2D eigenvalue weighted by Crippen LogP contribution is 2.37. The number of halogens is 3. The van der Waals surface area contributed by atoms with Gasteiger partial charge in [0.1, 0.15) is 0 Å². The maximum Gasteiger partial charge on any atom is 0.416 e. The van der Waals surface area contributed by atoms with Gasteiger partial charge in [-0.25, -0.2) is 4.98 Å². The number of aromatic nitrogens is 1. The minimum atomic E-state index is -4.42. The summed E-state index contributed by atoms with van der Waals surface area (Å²) in [5.74, 6) is 0. The molecule has 26 heavy (non-hydrogen) atoms. The number of nitrogens with zero attached hydrogens (tertiary/aromatic N) is 1. The third-order valence-corrected chi connectivity index (χ3v) is 4.45. The van der Waals surface area contributed by atoms with Crippen LogP contribution in [0.15, 0.2) is 66.7 Å². The minimum absolute atomic E-state index is 0.381. The van der Waals surface area contributed by atoms with E-state index in [0.717, 1.165) is 22.5 Å². The normalized spacial score (nSPS) is 12.0. The standard InChI is InChI=1S/C21H15F3N2/c22-21(23,24)17-10-16-9-15-3-1-2-4-19(15)26-20(16)18(11-17)14-7-5-13(12-25)6-8-14/h1-11H,12,25H2. The lowest BCUT2D eigenvalue weighted by molar-refractivity contribution is -0.137. The molecule has 2 nitrogen and oxygen atoms in total. The number of para-hydroxylation sites is 1. The van der Waals surface area contributed by atoms with Crippen molar-refractivity contribution in [2.24, 2.45) is 5.73 Å². The predicted octanol–water partition coefficient (Wildman–Crippen LogP) is 5.53. The summed E-state index contributed by atoms with van der Waals surface area (Å²) >= 11 is 0. The highest BCUT2D eigenvalue weighted by molar-refractivity contribution is 6.00. The average molecular weight is 352 g/mol. The maximum absolute atomic E-state index is 13.4. The second-order valence-electron chi connectivity index (χ2n) is 6.18. The zero-order chi connectivity index (χ0) is 18.3. The Bertz CT molecular complexity index is 1100. The largest absolute Gasteiger partial charge is 0.416 e. The van der Waals surface area contributed by atoms with Crippen molar-refractivity contribution in [3.05, 3.63) is 77.9 Å². The minimum Gasteiger partial charge on any atom is -0.326 e. The van der Waals surface area contributed by atoms with E-state index in [4.69, 9.17) is 5.73 Å². The van der Waals surface area contributed by atoms with Crippen molar-refractivity contribution in [2.75, 3.05) is 0 Å². The molecule has 0 aliphatic heterocycles. The summed E-state index contributed by atoms with van der Waals surface area (Å²) in [5.41, 5.74) is 8.30. The maximum atomic E-state index is 13.4. The number of pyridine rings is 1. The van der Waals surface area contributed by atoms with Gasteiger partial charge >= 0.3 is 6.18 Å². The topological polar surface area (TPSA) is 38.9 Å². The predicted molar refractivity (Wildman–Crippen MR) is 97.6 cm³/mol. The molecule has 1 aromatic heterocycles. The molecule has 0 saturated carbocycles. The van der Waals surface area contributed by atoms with Crippen LogP contribution in [-0.2, 0) is 12.7 Å². The van der Waals surface area contributed by atoms with E-state index in [1.165, 1.54) is 6.07 Å². The smallest absolute Gasteiger partial charge is 0.326 e. The van der Waals surface area contributed by atoms with Gasteiger partial charge in [-0.1, -0.05) is 42.5 Å². The van der Waals surface area contributed by atoms with Crippen LogP contribution in [-0.4, -0.2) is 4.98 Å². The van der Waals surface area contributed by atoms with Gasteiger partial charge in [0.2, 0.25) is 0 Å². The number of hydrogen-bond acceptors (Lipinski definition) is 2. The second-order valence-corrected chi connectivity index (χ2v) is 6.18. The van der Waals surface area contributed by atoms with Crippen LogP contribution in [0.5, 0.6) is 0 Å². The summed E-state index contributed by atoms with van der Waals surface area (Å²) in [5, 5.41) is 1.28. The molecule has 4 aromatic rings. The van der Waals surface area contributed by atoms with Gasteiger partial charge in [-0.3, -0.25) is 0 Å². The van der Waals surface area contributed by atoms with Crippen LogP contribution in [0.4, 0.5) is 13.2 Å². The van der Waals surface area contributed by atoms with E-state index in [9.17, 15) is 13.2 Å². The number of hydrogen-bond donors (Lipinski definition) is 1. The quantitative estimate of drug-likeness (QED) is 0.482. The lowest BCUT2D eigenvalue weighted by Crippen LogP contribution is -2.05. The Morgan fingerprint density at radius 2 is 1.58 bits per heavy atom. The van der Waals surface area contributed by atoms with Crippen LogP contribution in [0.25, 0.3) is 32.9 Å². The number of rotatable bonds is 2. The molecule has 1 heterocycles. The van der Waals surface area contributed by atoms with E-state index in [1.54, 1.807) is 18.2 Å². The number of nitrogens with two attached hydrogens (primary N) is 1. The SMILES string of the molecule is NCc1ccc(-c2cc(C(F)(F)F)cc3cc4ccccc4nc23)cc1. The zero-order valence-electron chi connectivity index (χ0n) is 13.7. The molecular weight excluding hydrogens is 337 g/mol. The van der Waals surface area contributed by atoms with E-state index in [1.807, 2.05) is 36.4 Å². The molecule has 0 spiro atoms. The number of fused-ring (bicyclic) bond motifs is 2. The lowest BCUT2D eigenvalue weighted by Gasteiger charge is -2.13. The molecule has 2 N–H and O–H groups in total. The average Bonchev–Trinajstić information content (AvgIpc) is 2.65. The summed E-state index contributed by atoms with van der Waals surface area (Å²) in [6.45, 7) is 0.381. The van der Waals surface area contributed by atoms with Gasteiger partial charge in [-0.2, -0.15) is 13.2 Å². The van der Waals surface area contributed by atoms with Crippen molar-refractivity contribution in [3.63, 3.8) is 0 Å². The van der Waals surface area contributed by atoms with Gasteiger partial charge in [-0.15, -0.1) is 0 Å². The molecule has 0 unspecified atom stereocenters. The monoisotopic (exact) mass is 352 g/mol. The molecule has 4 rings (SSSR count). The molecule has 5 heteroatoms. The summed E-state index contributed by atoms with van der Waals surface area (Å²) < 4.78 is 40.2. The highest BCUT2D eigenvalue weighted by atomic mass is 19.4. The van der Waals surface area contributed by atoms with Gasteiger partial charge < -0.3 is 5.73 Å². The van der Waals surface area contributed by atoms with Crippen molar-refractivity contribution in [3.8, 4) is 11.1 Å². The Labute approximate surface area is 148 Å². The third-order valence-electron chi connectivity index (χ3n) is 4.45. The fourth-order valence-electron chi connectivity index (χ4n) is 3.10. The van der Waals surface area contributed by atoms with E-state index in [-0.39, 0.29) is 0 Å². The van der Waals surface area contributed by atoms with Crippen LogP contribution in [0.2, 0.25) is 0 Å². The van der Waals surface area contributed by atoms with Crippen molar-refractivity contribution >= 4 is 21.8 Å². The fourth-order valence-corrected chi connectivity index (χ4v) is 3.10. The highest BCUT2D eigenvalue weighted by Gasteiger charge is 2.31. The van der Waals surface area contributed by atoms with Crippen molar-refractivity contribution in [1.29, 1.82) is 0 Å². The molecular formula is C21H15F3N2. The van der Waals surface area contributed by atoms with Crippen molar-refractivity contribution < 1.29 is 13.2 Å². The van der Waals surface area contributed by atoms with Gasteiger partial charge in [0.15, 0.2) is 0 Å². The van der Waals surface area contributed by atoms with E-state index in [0.29, 0.717) is 28.6 Å². The Morgan fingerprint density at radius 3 is 2.27 bits per heavy atom. The van der Waals surface area contributed by atoms with Gasteiger partial charge in [-0.05, 0) is 35.4 Å². The van der Waals surface area contributed by atoms with E-state index >= 15 is 0 Å². The third kappa shape index (κ3) is 2.91. The first-order valence-electron chi connectivity index (χ1n) is 8.16. The Kier molecular flexibility index (Phi) is 3.89. The Balaban J connectivity index is 2.05. The molecule has 0 radical (unpaired) electrons. The van der Waals surface area contributed by atoms with Crippen LogP contribution < -0.4 is 5.73 Å². The summed E-state index contributed by atoms with van der Waals surface area (Å²) in [4.78, 5) is 4.63. The van der Waals surface area contributed by atoms with Crippen LogP contribution in [0.3, 0.4) is 0 Å². The lowest BCUT2D eigenvalue weighted by atomic mass is 9.97. The number of benzene rings is 3. The molecule has 0 fully saturated rings. The first-order chi connectivity index (χ1) is 12.5. The first-order valence-corrected chi connectivity index (χ1v) is 8.16. The van der Waals surface area contributed by atoms with Crippen LogP contribution in [0.1, 0.15) is 11.1 Å². The Hall–Kier alpha value is -2.92. The molecule has 0 atom stereocenters. The molecule has 3 aromatic carbocycles. The summed E-state index contributed by atoms with van der Waals surface area (Å²) in [6, 6.07) is 18.7. The van der Waals surface area contributed by atoms with Crippen LogP contribution in [0, 0.1) is 0 Å². The zero-order valence-corrected chi connectivity index (χ0v) is 13.7. The fraction of sp³-hybridized carbons (Fsp3) is 0.0952. The van der Waals surface area contributed by atoms with Crippen molar-refractivity contribution in [1.82, 2.24) is 4.98 Å².